The zero-order chi connectivity index (χ0) is 13.3. The third kappa shape index (κ3) is 3.13. The minimum absolute atomic E-state index is 0.262. The predicted octanol–water partition coefficient (Wildman–Crippen LogP) is 2.79. The van der Waals surface area contributed by atoms with Gasteiger partial charge in [-0.3, -0.25) is 4.79 Å². The van der Waals surface area contributed by atoms with Crippen LogP contribution in [0.25, 0.3) is 0 Å². The van der Waals surface area contributed by atoms with Crippen molar-refractivity contribution in [1.29, 1.82) is 0 Å². The van der Waals surface area contributed by atoms with Crippen LogP contribution in [0.15, 0.2) is 18.2 Å². The highest BCUT2D eigenvalue weighted by Gasteiger charge is 2.34. The molecule has 1 aromatic rings. The molecule has 0 spiro atoms. The molecule has 1 aliphatic carbocycles. The second kappa shape index (κ2) is 5.43. The summed E-state index contributed by atoms with van der Waals surface area (Å²) in [4.78, 5) is 12.4. The van der Waals surface area contributed by atoms with E-state index >= 15 is 0 Å². The molecule has 1 atom stereocenters. The normalized spacial score (nSPS) is 16.1. The number of carbonyl (C=O) groups excluding carboxylic acids is 1. The van der Waals surface area contributed by atoms with Gasteiger partial charge in [0.15, 0.2) is 0 Å². The van der Waals surface area contributed by atoms with E-state index in [1.54, 1.807) is 12.1 Å². The summed E-state index contributed by atoms with van der Waals surface area (Å²) in [5.41, 5.74) is 5.97. The summed E-state index contributed by atoms with van der Waals surface area (Å²) in [6.45, 7) is 0. The van der Waals surface area contributed by atoms with E-state index in [2.05, 4.69) is 5.32 Å². The lowest BCUT2D eigenvalue weighted by Crippen LogP contribution is -2.45. The zero-order valence-corrected chi connectivity index (χ0v) is 11.8. The average molecular weight is 303 g/mol. The molecule has 1 aliphatic rings. The maximum absolute atomic E-state index is 12.1. The molecule has 3 nitrogen and oxygen atoms in total. The van der Waals surface area contributed by atoms with Crippen LogP contribution in [0, 0.1) is 5.92 Å². The van der Waals surface area contributed by atoms with Crippen LogP contribution in [0.2, 0.25) is 10.0 Å². The molecule has 0 bridgehead atoms. The van der Waals surface area contributed by atoms with Crippen LogP contribution in [-0.4, -0.2) is 16.9 Å². The monoisotopic (exact) mass is 302 g/mol. The average Bonchev–Trinajstić information content (AvgIpc) is 3.12. The summed E-state index contributed by atoms with van der Waals surface area (Å²) < 4.78 is 0. The van der Waals surface area contributed by atoms with E-state index in [0.717, 1.165) is 12.8 Å². The number of hydrogen-bond acceptors (Lipinski definition) is 2. The van der Waals surface area contributed by atoms with Gasteiger partial charge in [-0.25, -0.2) is 0 Å². The molecule has 1 unspecified atom stereocenters. The van der Waals surface area contributed by atoms with Gasteiger partial charge in [0.1, 0.15) is 0 Å². The molecule has 0 aromatic heterocycles. The molecular formula is C12H12Cl2N2OS. The number of benzene rings is 1. The van der Waals surface area contributed by atoms with Gasteiger partial charge in [-0.2, -0.15) is 0 Å². The van der Waals surface area contributed by atoms with Gasteiger partial charge in [-0.05, 0) is 37.0 Å². The number of hydrogen-bond donors (Lipinski definition) is 2. The summed E-state index contributed by atoms with van der Waals surface area (Å²) in [7, 11) is 0. The highest BCUT2D eigenvalue weighted by molar-refractivity contribution is 7.80. The number of amides is 1. The standard InChI is InChI=1S/C12H12Cl2N2OS/c13-7-3-4-9(14)8(5-7)12(17)16-10(11(15)18)6-1-2-6/h3-6,10H,1-2H2,(H2,15,18)(H,16,17). The Morgan fingerprint density at radius 2 is 2.11 bits per heavy atom. The molecule has 1 aromatic carbocycles. The number of thiocarbonyl (C=S) groups is 1. The molecular weight excluding hydrogens is 291 g/mol. The molecule has 18 heavy (non-hydrogen) atoms. The first-order valence-electron chi connectivity index (χ1n) is 5.54. The van der Waals surface area contributed by atoms with Crippen LogP contribution < -0.4 is 11.1 Å². The Bertz CT molecular complexity index is 503. The molecule has 0 saturated heterocycles. The van der Waals surface area contributed by atoms with Gasteiger partial charge >= 0.3 is 0 Å². The molecule has 0 heterocycles. The zero-order valence-electron chi connectivity index (χ0n) is 9.45. The van der Waals surface area contributed by atoms with E-state index in [1.807, 2.05) is 0 Å². The molecule has 6 heteroatoms. The smallest absolute Gasteiger partial charge is 0.253 e. The van der Waals surface area contributed by atoms with E-state index in [9.17, 15) is 4.79 Å². The lowest BCUT2D eigenvalue weighted by molar-refractivity contribution is 0.0944. The highest BCUT2D eigenvalue weighted by atomic mass is 35.5. The lowest BCUT2D eigenvalue weighted by atomic mass is 10.1. The Morgan fingerprint density at radius 3 is 2.67 bits per heavy atom. The predicted molar refractivity (Wildman–Crippen MR) is 77.2 cm³/mol. The van der Waals surface area contributed by atoms with Crippen molar-refractivity contribution in [3.05, 3.63) is 33.8 Å². The van der Waals surface area contributed by atoms with E-state index in [-0.39, 0.29) is 11.9 Å². The quantitative estimate of drug-likeness (QED) is 0.841. The van der Waals surface area contributed by atoms with E-state index in [1.165, 1.54) is 6.07 Å². The number of halogens is 2. The Balaban J connectivity index is 2.15. The summed E-state index contributed by atoms with van der Waals surface area (Å²) in [5, 5.41) is 3.63. The van der Waals surface area contributed by atoms with E-state index in [0.29, 0.717) is 26.5 Å². The van der Waals surface area contributed by atoms with Crippen molar-refractivity contribution >= 4 is 46.3 Å². The van der Waals surface area contributed by atoms with Gasteiger partial charge in [-0.1, -0.05) is 35.4 Å². The van der Waals surface area contributed by atoms with Gasteiger partial charge in [0.25, 0.3) is 5.91 Å². The molecule has 96 valence electrons. The van der Waals surface area contributed by atoms with E-state index in [4.69, 9.17) is 41.2 Å². The molecule has 0 aliphatic heterocycles. The van der Waals surface area contributed by atoms with Crippen LogP contribution in [0.3, 0.4) is 0 Å². The maximum atomic E-state index is 12.1. The third-order valence-corrected chi connectivity index (χ3v) is 3.68. The first kappa shape index (κ1) is 13.6. The number of nitrogens with one attached hydrogen (secondary N) is 1. The molecule has 3 N–H and O–H groups in total. The van der Waals surface area contributed by atoms with Crippen LogP contribution in [0.5, 0.6) is 0 Å². The first-order chi connectivity index (χ1) is 8.49. The third-order valence-electron chi connectivity index (χ3n) is 2.86. The fourth-order valence-corrected chi connectivity index (χ4v) is 2.37. The number of nitrogens with two attached hydrogens (primary N) is 1. The van der Waals surface area contributed by atoms with Crippen molar-refractivity contribution < 1.29 is 4.79 Å². The summed E-state index contributed by atoms with van der Waals surface area (Å²) in [5.74, 6) is 0.0524. The Morgan fingerprint density at radius 1 is 1.44 bits per heavy atom. The minimum Gasteiger partial charge on any atom is -0.392 e. The molecule has 0 radical (unpaired) electrons. The summed E-state index contributed by atoms with van der Waals surface area (Å²) in [6, 6.07) is 4.49. The van der Waals surface area contributed by atoms with Crippen LogP contribution in [-0.2, 0) is 0 Å². The van der Waals surface area contributed by atoms with Gasteiger partial charge < -0.3 is 11.1 Å². The molecule has 1 amide bonds. The Labute approximate surface area is 121 Å². The first-order valence-corrected chi connectivity index (χ1v) is 6.70. The van der Waals surface area contributed by atoms with Gasteiger partial charge in [-0.15, -0.1) is 0 Å². The topological polar surface area (TPSA) is 55.1 Å². The molecule has 1 saturated carbocycles. The van der Waals surface area contributed by atoms with Crippen LogP contribution >= 0.6 is 35.4 Å². The van der Waals surface area contributed by atoms with Crippen molar-refractivity contribution in [1.82, 2.24) is 5.32 Å². The minimum atomic E-state index is -0.299. The largest absolute Gasteiger partial charge is 0.392 e. The molecule has 1 fully saturated rings. The second-order valence-electron chi connectivity index (χ2n) is 4.32. The van der Waals surface area contributed by atoms with Crippen molar-refractivity contribution in [2.75, 3.05) is 0 Å². The summed E-state index contributed by atoms with van der Waals surface area (Å²) >= 11 is 16.8. The summed E-state index contributed by atoms with van der Waals surface area (Å²) in [6.07, 6.45) is 2.07. The van der Waals surface area contributed by atoms with Crippen molar-refractivity contribution in [2.24, 2.45) is 11.7 Å². The van der Waals surface area contributed by atoms with Gasteiger partial charge in [0, 0.05) is 5.02 Å². The molecule has 2 rings (SSSR count). The SMILES string of the molecule is NC(=S)C(NC(=O)c1cc(Cl)ccc1Cl)C1CC1. The maximum Gasteiger partial charge on any atom is 0.253 e. The van der Waals surface area contributed by atoms with Crippen LogP contribution in [0.1, 0.15) is 23.2 Å². The number of rotatable bonds is 4. The van der Waals surface area contributed by atoms with Gasteiger partial charge in [0.2, 0.25) is 0 Å². The van der Waals surface area contributed by atoms with Crippen molar-refractivity contribution in [3.8, 4) is 0 Å². The fourth-order valence-electron chi connectivity index (χ4n) is 1.74. The van der Waals surface area contributed by atoms with Crippen molar-refractivity contribution in [2.45, 2.75) is 18.9 Å². The van der Waals surface area contributed by atoms with Crippen molar-refractivity contribution in [3.63, 3.8) is 0 Å². The Hall–Kier alpha value is -0.840. The van der Waals surface area contributed by atoms with Crippen LogP contribution in [0.4, 0.5) is 0 Å². The van der Waals surface area contributed by atoms with E-state index < -0.39 is 0 Å². The Kier molecular flexibility index (Phi) is 4.10. The second-order valence-corrected chi connectivity index (χ2v) is 5.63. The lowest BCUT2D eigenvalue weighted by Gasteiger charge is -2.17. The number of carbonyl (C=O) groups is 1. The highest BCUT2D eigenvalue weighted by Crippen LogP contribution is 2.33. The van der Waals surface area contributed by atoms with Gasteiger partial charge in [0.05, 0.1) is 21.6 Å². The fraction of sp³-hybridized carbons (Fsp3) is 0.333.